The molecule has 0 amide bonds. The number of phenols is 1. The molecular formula is C28H24O3. The molecule has 3 unspecified atom stereocenters. The number of rotatable bonds is 2. The third-order valence-corrected chi connectivity index (χ3v) is 7.44. The second kappa shape index (κ2) is 6.34. The molecule has 4 aromatic rings. The molecular weight excluding hydrogens is 384 g/mol. The maximum absolute atomic E-state index is 13.3. The van der Waals surface area contributed by atoms with E-state index >= 15 is 0 Å². The van der Waals surface area contributed by atoms with Crippen molar-refractivity contribution < 1.29 is 14.6 Å². The summed E-state index contributed by atoms with van der Waals surface area (Å²) in [5, 5.41) is 15.2. The Balaban J connectivity index is 1.46. The number of fused-ring (bicyclic) bond motifs is 7. The van der Waals surface area contributed by atoms with Crippen LogP contribution in [-0.2, 0) is 10.3 Å². The van der Waals surface area contributed by atoms with E-state index in [1.54, 1.807) is 0 Å². The van der Waals surface area contributed by atoms with Gasteiger partial charge in [0.05, 0.1) is 5.56 Å². The standard InChI is InChI=1S/C28H24O3/c1-16-6-5-9-21-22(16)13-24-25(26(21)29)23-15-28(24,14-17(23)2)31-27(30)20-11-10-18-7-3-4-8-19(18)12-20/h3-13,17,23,29H,14-15H2,1-2H3. The zero-order valence-electron chi connectivity index (χ0n) is 17.7. The van der Waals surface area contributed by atoms with Gasteiger partial charge in [-0.15, -0.1) is 0 Å². The highest BCUT2D eigenvalue weighted by Crippen LogP contribution is 2.63. The van der Waals surface area contributed by atoms with Crippen LogP contribution in [0.25, 0.3) is 21.5 Å². The van der Waals surface area contributed by atoms with Gasteiger partial charge in [-0.2, -0.15) is 0 Å². The maximum atomic E-state index is 13.3. The average Bonchev–Trinajstić information content (AvgIpc) is 3.26. The van der Waals surface area contributed by atoms with Crippen molar-refractivity contribution in [3.05, 3.63) is 89.0 Å². The minimum Gasteiger partial charge on any atom is -0.507 e. The molecule has 2 aliphatic carbocycles. The number of esters is 1. The molecule has 154 valence electrons. The summed E-state index contributed by atoms with van der Waals surface area (Å²) in [5.74, 6) is 0.626. The molecule has 0 aromatic heterocycles. The second-order valence-electron chi connectivity index (χ2n) is 9.29. The Morgan fingerprint density at radius 1 is 0.968 bits per heavy atom. The molecule has 2 bridgehead atoms. The predicted octanol–water partition coefficient (Wildman–Crippen LogP) is 6.59. The highest BCUT2D eigenvalue weighted by atomic mass is 16.6. The molecule has 3 nitrogen and oxygen atoms in total. The van der Waals surface area contributed by atoms with E-state index in [0.29, 0.717) is 17.2 Å². The van der Waals surface area contributed by atoms with Crippen molar-refractivity contribution in [1.82, 2.24) is 0 Å². The summed E-state index contributed by atoms with van der Waals surface area (Å²) in [5.41, 5.74) is 2.98. The summed E-state index contributed by atoms with van der Waals surface area (Å²) in [7, 11) is 0. The third-order valence-electron chi connectivity index (χ3n) is 7.44. The molecule has 1 saturated carbocycles. The number of carbonyl (C=O) groups excluding carboxylic acids is 1. The first-order chi connectivity index (χ1) is 15.0. The lowest BCUT2D eigenvalue weighted by Crippen LogP contribution is -2.30. The molecule has 0 aliphatic heterocycles. The van der Waals surface area contributed by atoms with Crippen LogP contribution in [0.3, 0.4) is 0 Å². The average molecular weight is 408 g/mol. The minimum absolute atomic E-state index is 0.212. The summed E-state index contributed by atoms with van der Waals surface area (Å²) >= 11 is 0. The number of hydrogen-bond acceptors (Lipinski definition) is 3. The van der Waals surface area contributed by atoms with Gasteiger partial charge in [-0.05, 0) is 71.5 Å². The summed E-state index contributed by atoms with van der Waals surface area (Å²) in [6.07, 6.45) is 1.53. The lowest BCUT2D eigenvalue weighted by Gasteiger charge is -2.32. The van der Waals surface area contributed by atoms with Gasteiger partial charge in [0.25, 0.3) is 0 Å². The maximum Gasteiger partial charge on any atom is 0.339 e. The Hall–Kier alpha value is -3.33. The molecule has 6 rings (SSSR count). The zero-order valence-corrected chi connectivity index (χ0v) is 17.7. The highest BCUT2D eigenvalue weighted by molar-refractivity contribution is 5.97. The SMILES string of the molecule is Cc1cccc2c(O)c3c(cc12)C1(OC(=O)c2ccc4ccccc4c2)CC(C)C3C1. The molecule has 0 radical (unpaired) electrons. The fourth-order valence-electron chi connectivity index (χ4n) is 5.93. The van der Waals surface area contributed by atoms with E-state index in [-0.39, 0.29) is 11.9 Å². The quantitative estimate of drug-likeness (QED) is 0.381. The largest absolute Gasteiger partial charge is 0.507 e. The van der Waals surface area contributed by atoms with Crippen molar-refractivity contribution in [3.8, 4) is 5.75 Å². The summed E-state index contributed by atoms with van der Waals surface area (Å²) in [4.78, 5) is 13.3. The van der Waals surface area contributed by atoms with Gasteiger partial charge in [-0.3, -0.25) is 0 Å². The smallest absolute Gasteiger partial charge is 0.339 e. The molecule has 0 saturated heterocycles. The van der Waals surface area contributed by atoms with Gasteiger partial charge < -0.3 is 9.84 Å². The van der Waals surface area contributed by atoms with Gasteiger partial charge in [-0.1, -0.05) is 55.5 Å². The number of aryl methyl sites for hydroxylation is 1. The fourth-order valence-corrected chi connectivity index (χ4v) is 5.93. The molecule has 31 heavy (non-hydrogen) atoms. The van der Waals surface area contributed by atoms with Crippen LogP contribution in [0.4, 0.5) is 0 Å². The van der Waals surface area contributed by atoms with Gasteiger partial charge in [0.2, 0.25) is 0 Å². The van der Waals surface area contributed by atoms with Crippen molar-refractivity contribution in [3.63, 3.8) is 0 Å². The van der Waals surface area contributed by atoms with Crippen molar-refractivity contribution in [2.45, 2.75) is 38.2 Å². The number of aromatic hydroxyl groups is 1. The molecule has 1 fully saturated rings. The predicted molar refractivity (Wildman–Crippen MR) is 123 cm³/mol. The van der Waals surface area contributed by atoms with Crippen molar-refractivity contribution >= 4 is 27.5 Å². The van der Waals surface area contributed by atoms with E-state index < -0.39 is 5.60 Å². The topological polar surface area (TPSA) is 46.5 Å². The van der Waals surface area contributed by atoms with E-state index in [1.165, 1.54) is 0 Å². The van der Waals surface area contributed by atoms with E-state index in [1.807, 2.05) is 54.6 Å². The van der Waals surface area contributed by atoms with Gasteiger partial charge >= 0.3 is 5.97 Å². The first kappa shape index (κ1) is 18.4. The minimum atomic E-state index is -0.671. The van der Waals surface area contributed by atoms with Crippen LogP contribution in [0.2, 0.25) is 0 Å². The van der Waals surface area contributed by atoms with Crippen LogP contribution < -0.4 is 0 Å². The first-order valence-electron chi connectivity index (χ1n) is 10.9. The van der Waals surface area contributed by atoms with Gasteiger partial charge in [-0.25, -0.2) is 4.79 Å². The Bertz CT molecular complexity index is 1390. The number of carbonyl (C=O) groups is 1. The number of phenolic OH excluding ortho intramolecular Hbond substituents is 1. The zero-order chi connectivity index (χ0) is 21.3. The Morgan fingerprint density at radius 2 is 1.77 bits per heavy atom. The Morgan fingerprint density at radius 3 is 2.61 bits per heavy atom. The van der Waals surface area contributed by atoms with E-state index in [4.69, 9.17) is 4.74 Å². The normalized spacial score (nSPS) is 23.9. The summed E-state index contributed by atoms with van der Waals surface area (Å²) < 4.78 is 6.32. The summed E-state index contributed by atoms with van der Waals surface area (Å²) in [6, 6.07) is 21.9. The molecule has 3 atom stereocenters. The van der Waals surface area contributed by atoms with Gasteiger partial charge in [0, 0.05) is 16.5 Å². The molecule has 1 N–H and O–H groups in total. The molecule has 0 spiro atoms. The molecule has 3 heteroatoms. The van der Waals surface area contributed by atoms with Crippen LogP contribution >= 0.6 is 0 Å². The van der Waals surface area contributed by atoms with Crippen LogP contribution in [-0.4, -0.2) is 11.1 Å². The molecule has 2 aliphatic rings. The lowest BCUT2D eigenvalue weighted by molar-refractivity contribution is -0.0179. The van der Waals surface area contributed by atoms with Crippen molar-refractivity contribution in [2.75, 3.05) is 0 Å². The first-order valence-corrected chi connectivity index (χ1v) is 10.9. The monoisotopic (exact) mass is 408 g/mol. The molecule has 0 heterocycles. The van der Waals surface area contributed by atoms with Crippen molar-refractivity contribution in [1.29, 1.82) is 0 Å². The van der Waals surface area contributed by atoms with E-state index in [9.17, 15) is 9.90 Å². The lowest BCUT2D eigenvalue weighted by atomic mass is 9.80. The van der Waals surface area contributed by atoms with Crippen LogP contribution in [0.15, 0.2) is 66.7 Å². The van der Waals surface area contributed by atoms with Crippen molar-refractivity contribution in [2.24, 2.45) is 5.92 Å². The Kier molecular flexibility index (Phi) is 3.77. The van der Waals surface area contributed by atoms with E-state index in [2.05, 4.69) is 26.0 Å². The second-order valence-corrected chi connectivity index (χ2v) is 9.29. The van der Waals surface area contributed by atoms with Crippen LogP contribution in [0.1, 0.15) is 52.7 Å². The summed E-state index contributed by atoms with van der Waals surface area (Å²) in [6.45, 7) is 4.25. The highest BCUT2D eigenvalue weighted by Gasteiger charge is 2.56. The van der Waals surface area contributed by atoms with Crippen LogP contribution in [0, 0.1) is 12.8 Å². The van der Waals surface area contributed by atoms with E-state index in [0.717, 1.165) is 51.1 Å². The number of benzene rings is 4. The fraction of sp³-hybridized carbons (Fsp3) is 0.250. The van der Waals surface area contributed by atoms with Gasteiger partial charge in [0.15, 0.2) is 0 Å². The van der Waals surface area contributed by atoms with Crippen LogP contribution in [0.5, 0.6) is 5.75 Å². The number of hydrogen-bond donors (Lipinski definition) is 1. The number of ether oxygens (including phenoxy) is 1. The Labute approximate surface area is 181 Å². The molecule has 4 aromatic carbocycles. The third kappa shape index (κ3) is 2.56. The van der Waals surface area contributed by atoms with Gasteiger partial charge in [0.1, 0.15) is 11.4 Å².